The summed E-state index contributed by atoms with van der Waals surface area (Å²) in [6.45, 7) is 0.821. The summed E-state index contributed by atoms with van der Waals surface area (Å²) in [4.78, 5) is 16.0. The third kappa shape index (κ3) is 3.74. The lowest BCUT2D eigenvalue weighted by Gasteiger charge is -2.41. The van der Waals surface area contributed by atoms with E-state index in [9.17, 15) is 4.79 Å². The van der Waals surface area contributed by atoms with Crippen LogP contribution in [0.1, 0.15) is 12.0 Å². The molecule has 1 saturated heterocycles. The Morgan fingerprint density at radius 1 is 1.52 bits per heavy atom. The van der Waals surface area contributed by atoms with E-state index in [2.05, 4.69) is 10.4 Å². The van der Waals surface area contributed by atoms with Gasteiger partial charge in [-0.2, -0.15) is 0 Å². The summed E-state index contributed by atoms with van der Waals surface area (Å²) < 4.78 is 5.28. The number of carbonyl (C=O) groups is 1. The second-order valence-electron chi connectivity index (χ2n) is 4.88. The van der Waals surface area contributed by atoms with Gasteiger partial charge in [0, 0.05) is 13.5 Å². The van der Waals surface area contributed by atoms with Gasteiger partial charge in [0.25, 0.3) is 0 Å². The first kappa shape index (κ1) is 16.2. The largest absolute Gasteiger partial charge is 0.379 e. The highest BCUT2D eigenvalue weighted by atomic mass is 35.5. The van der Waals surface area contributed by atoms with E-state index >= 15 is 0 Å². The summed E-state index contributed by atoms with van der Waals surface area (Å²) in [5, 5.41) is 1.93. The van der Waals surface area contributed by atoms with Gasteiger partial charge in [-0.1, -0.05) is 23.2 Å². The van der Waals surface area contributed by atoms with Crippen molar-refractivity contribution in [3.8, 4) is 0 Å². The molecule has 9 heteroatoms. The highest BCUT2D eigenvalue weighted by molar-refractivity contribution is 7.80. The van der Waals surface area contributed by atoms with E-state index in [1.165, 1.54) is 5.01 Å². The van der Waals surface area contributed by atoms with Gasteiger partial charge in [-0.3, -0.25) is 15.2 Å². The first-order valence-electron chi connectivity index (χ1n) is 6.06. The average molecular weight is 349 g/mol. The third-order valence-electron chi connectivity index (χ3n) is 3.25. The fraction of sp³-hybridized carbons (Fsp3) is 0.417. The summed E-state index contributed by atoms with van der Waals surface area (Å²) in [6, 6.07) is 3.39. The maximum absolute atomic E-state index is 12.1. The minimum Gasteiger partial charge on any atom is -0.379 e. The molecule has 1 aromatic rings. The molecule has 0 bridgehead atoms. The number of carbonyl (C=O) groups excluding carboxylic acids is 1. The lowest BCUT2D eigenvalue weighted by Crippen LogP contribution is -2.53. The van der Waals surface area contributed by atoms with Crippen LogP contribution in [0.15, 0.2) is 12.1 Å². The Labute approximate surface area is 137 Å². The predicted molar refractivity (Wildman–Crippen MR) is 84.1 cm³/mol. The molecule has 6 nitrogen and oxygen atoms in total. The molecule has 2 heterocycles. The number of nitrogens with two attached hydrogens (primary N) is 1. The Bertz CT molecular complexity index is 560. The van der Waals surface area contributed by atoms with Crippen molar-refractivity contribution in [3.63, 3.8) is 0 Å². The first-order chi connectivity index (χ1) is 9.82. The molecule has 0 atom stereocenters. The molecule has 1 aliphatic rings. The molecule has 0 saturated carbocycles. The zero-order valence-corrected chi connectivity index (χ0v) is 13.6. The summed E-state index contributed by atoms with van der Waals surface area (Å²) in [6.07, 6.45) is 0.205. The minimum absolute atomic E-state index is 0.0808. The van der Waals surface area contributed by atoms with Crippen LogP contribution in [0.2, 0.25) is 10.3 Å². The zero-order chi connectivity index (χ0) is 15.6. The molecule has 3 N–H and O–H groups in total. The van der Waals surface area contributed by atoms with Gasteiger partial charge in [0.05, 0.1) is 18.6 Å². The lowest BCUT2D eigenvalue weighted by atomic mass is 9.76. The maximum atomic E-state index is 12.1. The molecule has 1 amide bonds. The number of thiocarbonyl (C=S) groups is 1. The van der Waals surface area contributed by atoms with Gasteiger partial charge < -0.3 is 10.5 Å². The predicted octanol–water partition coefficient (Wildman–Crippen LogP) is 1.25. The van der Waals surface area contributed by atoms with E-state index in [1.807, 2.05) is 0 Å². The molecule has 1 aromatic heterocycles. The smallest absolute Gasteiger partial charge is 0.239 e. The normalized spacial score (nSPS) is 16.0. The topological polar surface area (TPSA) is 80.5 Å². The van der Waals surface area contributed by atoms with Gasteiger partial charge in [-0.15, -0.1) is 0 Å². The van der Waals surface area contributed by atoms with Gasteiger partial charge >= 0.3 is 0 Å². The monoisotopic (exact) mass is 348 g/mol. The highest BCUT2D eigenvalue weighted by Gasteiger charge is 2.43. The molecule has 1 aliphatic heterocycles. The van der Waals surface area contributed by atoms with Gasteiger partial charge in [0.15, 0.2) is 5.11 Å². The van der Waals surface area contributed by atoms with Crippen LogP contribution in [-0.2, 0) is 14.9 Å². The molecule has 0 unspecified atom stereocenters. The van der Waals surface area contributed by atoms with Crippen molar-refractivity contribution < 1.29 is 9.53 Å². The van der Waals surface area contributed by atoms with Crippen LogP contribution in [0, 0.1) is 0 Å². The standard InChI is InChI=1S/C12H14Cl2N4O2S/c1-18(11(15)21)17-10(19)4-12(5-20-6-12)7-2-8(13)16-9(14)3-7/h2-3H,4-6H2,1H3,(H2,15,21)(H,17,19). The molecular formula is C12H14Cl2N4O2S. The highest BCUT2D eigenvalue weighted by Crippen LogP contribution is 2.37. The van der Waals surface area contributed by atoms with E-state index in [0.717, 1.165) is 5.56 Å². The van der Waals surface area contributed by atoms with Crippen molar-refractivity contribution in [1.29, 1.82) is 0 Å². The maximum Gasteiger partial charge on any atom is 0.239 e. The van der Waals surface area contributed by atoms with Crippen LogP contribution in [-0.4, -0.2) is 41.3 Å². The van der Waals surface area contributed by atoms with Gasteiger partial charge in [-0.05, 0) is 29.9 Å². The van der Waals surface area contributed by atoms with Gasteiger partial charge in [-0.25, -0.2) is 4.98 Å². The van der Waals surface area contributed by atoms with Crippen LogP contribution in [0.4, 0.5) is 0 Å². The number of rotatable bonds is 3. The second-order valence-corrected chi connectivity index (χ2v) is 6.08. The number of pyridine rings is 1. The Hall–Kier alpha value is -1.15. The van der Waals surface area contributed by atoms with Crippen molar-refractivity contribution in [2.45, 2.75) is 11.8 Å². The lowest BCUT2D eigenvalue weighted by molar-refractivity contribution is -0.132. The van der Waals surface area contributed by atoms with Crippen molar-refractivity contribution in [2.75, 3.05) is 20.3 Å². The van der Waals surface area contributed by atoms with Gasteiger partial charge in [0.1, 0.15) is 10.3 Å². The molecular weight excluding hydrogens is 335 g/mol. The SMILES string of the molecule is CN(NC(=O)CC1(c2cc(Cl)nc(Cl)c2)COC1)C(N)=S. The molecule has 114 valence electrons. The Morgan fingerprint density at radius 3 is 2.52 bits per heavy atom. The molecule has 0 aromatic carbocycles. The van der Waals surface area contributed by atoms with Crippen LogP contribution >= 0.6 is 35.4 Å². The average Bonchev–Trinajstić information content (AvgIpc) is 2.32. The van der Waals surface area contributed by atoms with Crippen molar-refractivity contribution >= 4 is 46.4 Å². The third-order valence-corrected chi connectivity index (χ3v) is 3.91. The van der Waals surface area contributed by atoms with Crippen LogP contribution < -0.4 is 11.2 Å². The van der Waals surface area contributed by atoms with E-state index in [1.54, 1.807) is 19.2 Å². The molecule has 2 rings (SSSR count). The number of aromatic nitrogens is 1. The molecule has 1 fully saturated rings. The van der Waals surface area contributed by atoms with Crippen LogP contribution in [0.25, 0.3) is 0 Å². The number of ether oxygens (including phenoxy) is 1. The van der Waals surface area contributed by atoms with Crippen molar-refractivity contribution in [1.82, 2.24) is 15.4 Å². The minimum atomic E-state index is -0.461. The van der Waals surface area contributed by atoms with E-state index in [0.29, 0.717) is 13.2 Å². The number of amides is 1. The number of nitrogens with one attached hydrogen (secondary N) is 1. The van der Waals surface area contributed by atoms with Crippen LogP contribution in [0.3, 0.4) is 0 Å². The number of hydrazine groups is 1. The van der Waals surface area contributed by atoms with Crippen molar-refractivity contribution in [3.05, 3.63) is 28.0 Å². The van der Waals surface area contributed by atoms with Crippen LogP contribution in [0.5, 0.6) is 0 Å². The summed E-state index contributed by atoms with van der Waals surface area (Å²) in [5.41, 5.74) is 8.38. The van der Waals surface area contributed by atoms with E-state index < -0.39 is 5.41 Å². The number of nitrogens with zero attached hydrogens (tertiary/aromatic N) is 2. The first-order valence-corrected chi connectivity index (χ1v) is 7.23. The van der Waals surface area contributed by atoms with Crippen molar-refractivity contribution in [2.24, 2.45) is 5.73 Å². The molecule has 0 radical (unpaired) electrons. The van der Waals surface area contributed by atoms with Gasteiger partial charge in [0.2, 0.25) is 5.91 Å². The van der Waals surface area contributed by atoms with E-state index in [4.69, 9.17) is 45.9 Å². The molecule has 21 heavy (non-hydrogen) atoms. The number of hydrogen-bond donors (Lipinski definition) is 2. The fourth-order valence-electron chi connectivity index (χ4n) is 2.08. The summed E-state index contributed by atoms with van der Waals surface area (Å²) in [5.74, 6) is -0.224. The van der Waals surface area contributed by atoms with E-state index in [-0.39, 0.29) is 27.7 Å². The zero-order valence-electron chi connectivity index (χ0n) is 11.2. The second kappa shape index (κ2) is 6.31. The summed E-state index contributed by atoms with van der Waals surface area (Å²) in [7, 11) is 1.57. The Kier molecular flexibility index (Phi) is 4.88. The quantitative estimate of drug-likeness (QED) is 0.486. The Morgan fingerprint density at radius 2 is 2.10 bits per heavy atom. The molecule has 0 aliphatic carbocycles. The number of halogens is 2. The Balaban J connectivity index is 2.15. The molecule has 0 spiro atoms. The fourth-order valence-corrected chi connectivity index (χ4v) is 2.59. The number of hydrogen-bond acceptors (Lipinski definition) is 4. The summed E-state index contributed by atoms with van der Waals surface area (Å²) >= 11 is 16.6.